The van der Waals surface area contributed by atoms with Gasteiger partial charge in [-0.1, -0.05) is 103 Å². The summed E-state index contributed by atoms with van der Waals surface area (Å²) in [4.78, 5) is 28.4. The predicted octanol–water partition coefficient (Wildman–Crippen LogP) is 7.59. The van der Waals surface area contributed by atoms with Gasteiger partial charge >= 0.3 is 5.97 Å². The number of hydrogen-bond donors (Lipinski definition) is 1. The predicted molar refractivity (Wildman–Crippen MR) is 180 cm³/mol. The van der Waals surface area contributed by atoms with E-state index in [1.807, 2.05) is 72.8 Å². The van der Waals surface area contributed by atoms with Gasteiger partial charge in [0.1, 0.15) is 11.8 Å². The van der Waals surface area contributed by atoms with Gasteiger partial charge in [-0.25, -0.2) is 4.79 Å². The van der Waals surface area contributed by atoms with Crippen LogP contribution in [0.2, 0.25) is 0 Å². The van der Waals surface area contributed by atoms with Crippen LogP contribution in [0, 0.1) is 0 Å². The van der Waals surface area contributed by atoms with Crippen LogP contribution >= 0.6 is 0 Å². The second kappa shape index (κ2) is 15.9. The number of ether oxygens (including phenoxy) is 2. The SMILES string of the molecule is COC(=O)C(Cc1ccc(OCCCN(Cc2ccccc2)c2ccccc2)cc1)Nc1ccccc1C(=O)c1ccccc1. The maximum atomic E-state index is 13.2. The van der Waals surface area contributed by atoms with E-state index in [0.717, 1.165) is 30.8 Å². The molecule has 0 aliphatic carbocycles. The number of nitrogens with zero attached hydrogens (tertiary/aromatic N) is 1. The zero-order valence-corrected chi connectivity index (χ0v) is 25.5. The van der Waals surface area contributed by atoms with Gasteiger partial charge in [0, 0.05) is 42.0 Å². The van der Waals surface area contributed by atoms with Crippen LogP contribution in [0.25, 0.3) is 0 Å². The zero-order valence-electron chi connectivity index (χ0n) is 25.5. The number of para-hydroxylation sites is 2. The van der Waals surface area contributed by atoms with Crippen LogP contribution in [0.3, 0.4) is 0 Å². The van der Waals surface area contributed by atoms with Crippen LogP contribution in [0.5, 0.6) is 5.75 Å². The van der Waals surface area contributed by atoms with E-state index in [2.05, 4.69) is 58.7 Å². The summed E-state index contributed by atoms with van der Waals surface area (Å²) >= 11 is 0. The molecule has 0 fully saturated rings. The lowest BCUT2D eigenvalue weighted by molar-refractivity contribution is -0.141. The van der Waals surface area contributed by atoms with Crippen molar-refractivity contribution in [3.8, 4) is 5.75 Å². The molecule has 5 aromatic rings. The molecule has 0 amide bonds. The summed E-state index contributed by atoms with van der Waals surface area (Å²) in [6.45, 7) is 2.27. The van der Waals surface area contributed by atoms with Crippen molar-refractivity contribution in [1.29, 1.82) is 0 Å². The molecule has 0 bridgehead atoms. The highest BCUT2D eigenvalue weighted by Gasteiger charge is 2.22. The zero-order chi connectivity index (χ0) is 31.3. The highest BCUT2D eigenvalue weighted by atomic mass is 16.5. The summed E-state index contributed by atoms with van der Waals surface area (Å²) < 4.78 is 11.2. The van der Waals surface area contributed by atoms with Gasteiger partial charge in [0.15, 0.2) is 5.78 Å². The number of carbonyl (C=O) groups is 2. The third-order valence-electron chi connectivity index (χ3n) is 7.56. The minimum atomic E-state index is -0.680. The van der Waals surface area contributed by atoms with Crippen molar-refractivity contribution in [1.82, 2.24) is 0 Å². The third-order valence-corrected chi connectivity index (χ3v) is 7.56. The summed E-state index contributed by atoms with van der Waals surface area (Å²) in [7, 11) is 1.37. The van der Waals surface area contributed by atoms with Crippen LogP contribution < -0.4 is 15.0 Å². The molecule has 228 valence electrons. The molecule has 1 unspecified atom stereocenters. The molecule has 0 radical (unpaired) electrons. The van der Waals surface area contributed by atoms with Crippen molar-refractivity contribution in [3.05, 3.63) is 162 Å². The average Bonchev–Trinajstić information content (AvgIpc) is 3.10. The lowest BCUT2D eigenvalue weighted by atomic mass is 10.00. The van der Waals surface area contributed by atoms with Crippen molar-refractivity contribution < 1.29 is 19.1 Å². The van der Waals surface area contributed by atoms with Crippen LogP contribution in [0.1, 0.15) is 33.5 Å². The highest BCUT2D eigenvalue weighted by Crippen LogP contribution is 2.23. The standard InChI is InChI=1S/C39H38N2O4/c1-44-39(43)37(40-36-21-12-11-20-35(36)38(42)32-16-7-3-8-17-32)28-30-22-24-34(25-23-30)45-27-13-26-41(33-18-9-4-10-19-33)29-31-14-5-2-6-15-31/h2-12,14-25,37,40H,13,26-29H2,1H3. The summed E-state index contributed by atoms with van der Waals surface area (Å²) in [5.41, 5.74) is 5.06. The summed E-state index contributed by atoms with van der Waals surface area (Å²) in [5, 5.41) is 3.26. The number of benzene rings is 5. The van der Waals surface area contributed by atoms with E-state index < -0.39 is 12.0 Å². The molecule has 45 heavy (non-hydrogen) atoms. The van der Waals surface area contributed by atoms with Gasteiger partial charge in [0.2, 0.25) is 0 Å². The summed E-state index contributed by atoms with van der Waals surface area (Å²) in [6.07, 6.45) is 1.24. The third kappa shape index (κ3) is 8.83. The molecular weight excluding hydrogens is 560 g/mol. The van der Waals surface area contributed by atoms with Crippen molar-refractivity contribution in [2.45, 2.75) is 25.4 Å². The molecule has 6 heteroatoms. The normalized spacial score (nSPS) is 11.3. The van der Waals surface area contributed by atoms with Crippen LogP contribution in [0.4, 0.5) is 11.4 Å². The highest BCUT2D eigenvalue weighted by molar-refractivity contribution is 6.12. The Kier molecular flexibility index (Phi) is 11.0. The van der Waals surface area contributed by atoms with E-state index in [0.29, 0.717) is 29.8 Å². The Morgan fingerprint density at radius 1 is 0.711 bits per heavy atom. The van der Waals surface area contributed by atoms with Gasteiger partial charge in [-0.15, -0.1) is 0 Å². The first-order valence-electron chi connectivity index (χ1n) is 15.2. The Hall–Kier alpha value is -5.36. The number of anilines is 2. The first-order chi connectivity index (χ1) is 22.1. The van der Waals surface area contributed by atoms with Crippen molar-refractivity contribution in [2.75, 3.05) is 30.5 Å². The monoisotopic (exact) mass is 598 g/mol. The quantitative estimate of drug-likeness (QED) is 0.0761. The molecule has 5 rings (SSSR count). The van der Waals surface area contributed by atoms with E-state index >= 15 is 0 Å². The number of esters is 1. The molecule has 0 heterocycles. The summed E-state index contributed by atoms with van der Waals surface area (Å²) in [5.74, 6) is 0.251. The van der Waals surface area contributed by atoms with E-state index in [1.54, 1.807) is 18.2 Å². The first kappa shape index (κ1) is 31.1. The molecule has 0 saturated heterocycles. The van der Waals surface area contributed by atoms with E-state index in [1.165, 1.54) is 18.4 Å². The average molecular weight is 599 g/mol. The Balaban J connectivity index is 1.18. The largest absolute Gasteiger partial charge is 0.494 e. The lowest BCUT2D eigenvalue weighted by Gasteiger charge is -2.25. The van der Waals surface area contributed by atoms with Gasteiger partial charge in [-0.2, -0.15) is 0 Å². The minimum Gasteiger partial charge on any atom is -0.494 e. The molecular formula is C39H38N2O4. The van der Waals surface area contributed by atoms with Gasteiger partial charge < -0.3 is 19.7 Å². The van der Waals surface area contributed by atoms with Crippen molar-refractivity contribution >= 4 is 23.1 Å². The molecule has 1 atom stereocenters. The van der Waals surface area contributed by atoms with Crippen LogP contribution in [-0.2, 0) is 22.5 Å². The van der Waals surface area contributed by atoms with Gasteiger partial charge in [0.25, 0.3) is 0 Å². The Morgan fingerprint density at radius 3 is 2.02 bits per heavy atom. The minimum absolute atomic E-state index is 0.115. The molecule has 6 nitrogen and oxygen atoms in total. The van der Waals surface area contributed by atoms with Gasteiger partial charge in [-0.3, -0.25) is 4.79 Å². The molecule has 5 aromatic carbocycles. The summed E-state index contributed by atoms with van der Waals surface area (Å²) in [6, 6.07) is 44.3. The number of ketones is 1. The Labute approximate surface area is 265 Å². The maximum Gasteiger partial charge on any atom is 0.328 e. The fourth-order valence-electron chi connectivity index (χ4n) is 5.22. The molecule has 0 spiro atoms. The van der Waals surface area contributed by atoms with Crippen LogP contribution in [0.15, 0.2) is 140 Å². The fourth-order valence-corrected chi connectivity index (χ4v) is 5.22. The molecule has 0 aliphatic rings. The first-order valence-corrected chi connectivity index (χ1v) is 15.2. The smallest absolute Gasteiger partial charge is 0.328 e. The van der Waals surface area contributed by atoms with Crippen molar-refractivity contribution in [2.24, 2.45) is 0 Å². The Bertz CT molecular complexity index is 1640. The van der Waals surface area contributed by atoms with E-state index in [-0.39, 0.29) is 5.78 Å². The number of rotatable bonds is 15. The second-order valence-corrected chi connectivity index (χ2v) is 10.8. The molecule has 0 aromatic heterocycles. The maximum absolute atomic E-state index is 13.2. The number of hydrogen-bond acceptors (Lipinski definition) is 6. The topological polar surface area (TPSA) is 67.9 Å². The molecule has 0 saturated carbocycles. The lowest BCUT2D eigenvalue weighted by Crippen LogP contribution is -2.33. The molecule has 0 aliphatic heterocycles. The van der Waals surface area contributed by atoms with Crippen LogP contribution in [-0.4, -0.2) is 38.1 Å². The molecule has 1 N–H and O–H groups in total. The number of nitrogens with one attached hydrogen (secondary N) is 1. The second-order valence-electron chi connectivity index (χ2n) is 10.8. The number of methoxy groups -OCH3 is 1. The van der Waals surface area contributed by atoms with Crippen molar-refractivity contribution in [3.63, 3.8) is 0 Å². The van der Waals surface area contributed by atoms with Gasteiger partial charge in [0.05, 0.1) is 13.7 Å². The Morgan fingerprint density at radius 2 is 1.33 bits per heavy atom. The van der Waals surface area contributed by atoms with E-state index in [9.17, 15) is 9.59 Å². The number of carbonyl (C=O) groups excluding carboxylic acids is 2. The fraction of sp³-hybridized carbons (Fsp3) is 0.179. The van der Waals surface area contributed by atoms with E-state index in [4.69, 9.17) is 9.47 Å². The van der Waals surface area contributed by atoms with Gasteiger partial charge in [-0.05, 0) is 53.9 Å².